The zero-order chi connectivity index (χ0) is 45.8. The summed E-state index contributed by atoms with van der Waals surface area (Å²) in [5, 5.41) is 23.1. The van der Waals surface area contributed by atoms with Gasteiger partial charge >= 0.3 is 5.97 Å². The Balaban J connectivity index is 3.49. The highest BCUT2D eigenvalue weighted by atomic mass is 16.5. The molecule has 372 valence electrons. The molecule has 0 heterocycles. The van der Waals surface area contributed by atoms with Crippen LogP contribution < -0.4 is 5.32 Å². The second-order valence-corrected chi connectivity index (χ2v) is 19.3. The van der Waals surface area contributed by atoms with Crippen molar-refractivity contribution in [3.05, 3.63) is 24.3 Å². The summed E-state index contributed by atoms with van der Waals surface area (Å²) in [7, 11) is 0. The predicted octanol–water partition coefficient (Wildman–Crippen LogP) is 17.1. The van der Waals surface area contributed by atoms with Gasteiger partial charge in [-0.05, 0) is 57.8 Å². The van der Waals surface area contributed by atoms with Gasteiger partial charge in [-0.25, -0.2) is 0 Å². The third-order valence-corrected chi connectivity index (χ3v) is 13.0. The number of carbonyl (C=O) groups is 2. The van der Waals surface area contributed by atoms with Crippen molar-refractivity contribution in [2.45, 2.75) is 315 Å². The topological polar surface area (TPSA) is 95.9 Å². The van der Waals surface area contributed by atoms with Crippen LogP contribution in [0.2, 0.25) is 0 Å². The highest BCUT2D eigenvalue weighted by Crippen LogP contribution is 2.17. The molecule has 0 bridgehead atoms. The second kappa shape index (κ2) is 53.0. The Bertz CT molecular complexity index is 982. The lowest BCUT2D eigenvalue weighted by Gasteiger charge is -2.19. The van der Waals surface area contributed by atoms with Gasteiger partial charge in [-0.2, -0.15) is 0 Å². The van der Waals surface area contributed by atoms with Crippen molar-refractivity contribution in [1.29, 1.82) is 0 Å². The summed E-state index contributed by atoms with van der Waals surface area (Å²) in [5.41, 5.74) is 0. The smallest absolute Gasteiger partial charge is 0.305 e. The number of hydrogen-bond acceptors (Lipinski definition) is 5. The van der Waals surface area contributed by atoms with E-state index in [2.05, 4.69) is 31.3 Å². The van der Waals surface area contributed by atoms with Gasteiger partial charge in [0.25, 0.3) is 0 Å². The molecule has 0 aliphatic rings. The zero-order valence-electron chi connectivity index (χ0n) is 42.3. The Kier molecular flexibility index (Phi) is 51.6. The third kappa shape index (κ3) is 49.6. The zero-order valence-corrected chi connectivity index (χ0v) is 42.3. The van der Waals surface area contributed by atoms with Crippen LogP contribution >= 0.6 is 0 Å². The van der Waals surface area contributed by atoms with E-state index in [1.54, 1.807) is 6.08 Å². The summed E-state index contributed by atoms with van der Waals surface area (Å²) < 4.78 is 5.47. The Morgan fingerprint density at radius 3 is 1.14 bits per heavy atom. The Morgan fingerprint density at radius 1 is 0.429 bits per heavy atom. The first-order valence-corrected chi connectivity index (χ1v) is 28.1. The lowest BCUT2D eigenvalue weighted by molar-refractivity contribution is -0.143. The maximum Gasteiger partial charge on any atom is 0.305 e. The van der Waals surface area contributed by atoms with Gasteiger partial charge < -0.3 is 20.3 Å². The molecule has 0 saturated carbocycles. The molecule has 1 amide bonds. The highest BCUT2D eigenvalue weighted by molar-refractivity contribution is 5.76. The van der Waals surface area contributed by atoms with Gasteiger partial charge in [0.2, 0.25) is 5.91 Å². The molecular formula is C57H109NO5. The van der Waals surface area contributed by atoms with Crippen LogP contribution in [-0.4, -0.2) is 47.4 Å². The molecule has 0 aromatic heterocycles. The Morgan fingerprint density at radius 2 is 0.746 bits per heavy atom. The van der Waals surface area contributed by atoms with Crippen LogP contribution in [0.3, 0.4) is 0 Å². The van der Waals surface area contributed by atoms with E-state index in [1.165, 1.54) is 205 Å². The maximum absolute atomic E-state index is 12.4. The molecule has 63 heavy (non-hydrogen) atoms. The number of allylic oxidation sites excluding steroid dienone is 3. The fourth-order valence-corrected chi connectivity index (χ4v) is 8.63. The van der Waals surface area contributed by atoms with E-state index < -0.39 is 12.1 Å². The van der Waals surface area contributed by atoms with Crippen molar-refractivity contribution >= 4 is 11.9 Å². The molecule has 2 unspecified atom stereocenters. The lowest BCUT2D eigenvalue weighted by atomic mass is 10.0. The fourth-order valence-electron chi connectivity index (χ4n) is 8.63. The minimum absolute atomic E-state index is 0.00962. The van der Waals surface area contributed by atoms with Crippen LogP contribution in [0.5, 0.6) is 0 Å². The minimum atomic E-state index is -0.861. The molecule has 0 aliphatic carbocycles. The summed E-state index contributed by atoms with van der Waals surface area (Å²) in [6.07, 6.45) is 63.3. The van der Waals surface area contributed by atoms with Crippen molar-refractivity contribution in [2.75, 3.05) is 13.2 Å². The quantitative estimate of drug-likeness (QED) is 0.0321. The molecule has 0 spiro atoms. The van der Waals surface area contributed by atoms with Crippen molar-refractivity contribution in [3.63, 3.8) is 0 Å². The molecule has 0 fully saturated rings. The summed E-state index contributed by atoms with van der Waals surface area (Å²) >= 11 is 0. The molecule has 0 aliphatic heterocycles. The standard InChI is InChI=1S/C57H109NO5/c1-3-5-7-9-11-13-15-17-19-20-21-23-27-31-35-39-43-47-51-57(62)63-52-48-44-40-36-32-28-24-26-30-34-38-42-46-50-56(61)58-54(53-59)55(60)49-45-41-37-33-29-25-22-18-16-14-12-10-8-6-4-2/h26,30,45,49,54-55,59-60H,3-25,27-29,31-44,46-48,50-53H2,1-2H3,(H,58,61)/b30-26-,49-45+. The number of aliphatic hydroxyl groups is 2. The average molecular weight is 889 g/mol. The molecule has 0 radical (unpaired) electrons. The normalized spacial score (nSPS) is 12.8. The van der Waals surface area contributed by atoms with Crippen LogP contribution in [0.4, 0.5) is 0 Å². The van der Waals surface area contributed by atoms with E-state index in [4.69, 9.17) is 4.74 Å². The third-order valence-electron chi connectivity index (χ3n) is 13.0. The first-order chi connectivity index (χ1) is 31.0. The van der Waals surface area contributed by atoms with Crippen LogP contribution in [0.25, 0.3) is 0 Å². The number of unbranched alkanes of at least 4 members (excludes halogenated alkanes) is 39. The van der Waals surface area contributed by atoms with Gasteiger partial charge in [0.1, 0.15) is 0 Å². The van der Waals surface area contributed by atoms with Gasteiger partial charge in [0.05, 0.1) is 25.4 Å². The van der Waals surface area contributed by atoms with E-state index >= 15 is 0 Å². The second-order valence-electron chi connectivity index (χ2n) is 19.3. The van der Waals surface area contributed by atoms with Gasteiger partial charge in [0.15, 0.2) is 0 Å². The number of carbonyl (C=O) groups excluding carboxylic acids is 2. The Labute approximate surface area is 392 Å². The van der Waals surface area contributed by atoms with Gasteiger partial charge in [-0.15, -0.1) is 0 Å². The summed E-state index contributed by atoms with van der Waals surface area (Å²) in [6, 6.07) is -0.647. The molecule has 2 atom stereocenters. The van der Waals surface area contributed by atoms with E-state index in [-0.39, 0.29) is 18.5 Å². The number of aliphatic hydroxyl groups excluding tert-OH is 2. The van der Waals surface area contributed by atoms with Crippen molar-refractivity contribution in [3.8, 4) is 0 Å². The number of amides is 1. The average Bonchev–Trinajstić information content (AvgIpc) is 3.28. The van der Waals surface area contributed by atoms with Gasteiger partial charge in [-0.1, -0.05) is 256 Å². The fraction of sp³-hybridized carbons (Fsp3) is 0.895. The van der Waals surface area contributed by atoms with E-state index in [0.717, 1.165) is 70.6 Å². The highest BCUT2D eigenvalue weighted by Gasteiger charge is 2.18. The van der Waals surface area contributed by atoms with Crippen LogP contribution in [0.15, 0.2) is 24.3 Å². The van der Waals surface area contributed by atoms with Crippen molar-refractivity contribution in [2.24, 2.45) is 0 Å². The molecule has 0 rings (SSSR count). The van der Waals surface area contributed by atoms with Crippen LogP contribution in [0.1, 0.15) is 303 Å². The summed E-state index contributed by atoms with van der Waals surface area (Å²) in [4.78, 5) is 24.5. The number of rotatable bonds is 52. The first-order valence-electron chi connectivity index (χ1n) is 28.1. The maximum atomic E-state index is 12.4. The Hall–Kier alpha value is -1.66. The molecule has 0 aromatic rings. The summed E-state index contributed by atoms with van der Waals surface area (Å²) in [6.45, 7) is 4.87. The summed E-state index contributed by atoms with van der Waals surface area (Å²) in [5.74, 6) is -0.106. The minimum Gasteiger partial charge on any atom is -0.466 e. The van der Waals surface area contributed by atoms with Gasteiger partial charge in [0, 0.05) is 12.8 Å². The first kappa shape index (κ1) is 61.3. The van der Waals surface area contributed by atoms with Gasteiger partial charge in [-0.3, -0.25) is 9.59 Å². The number of esters is 1. The molecule has 6 heteroatoms. The molecule has 6 nitrogen and oxygen atoms in total. The van der Waals surface area contributed by atoms with Crippen molar-refractivity contribution < 1.29 is 24.5 Å². The monoisotopic (exact) mass is 888 g/mol. The molecule has 0 aromatic carbocycles. The molecule has 0 saturated heterocycles. The van der Waals surface area contributed by atoms with E-state index in [0.29, 0.717) is 19.4 Å². The predicted molar refractivity (Wildman–Crippen MR) is 273 cm³/mol. The van der Waals surface area contributed by atoms with Crippen LogP contribution in [0, 0.1) is 0 Å². The largest absolute Gasteiger partial charge is 0.466 e. The number of hydrogen-bond donors (Lipinski definition) is 3. The lowest BCUT2D eigenvalue weighted by Crippen LogP contribution is -2.45. The van der Waals surface area contributed by atoms with E-state index in [1.807, 2.05) is 6.08 Å². The number of ether oxygens (including phenoxy) is 1. The molecular weight excluding hydrogens is 779 g/mol. The van der Waals surface area contributed by atoms with Crippen LogP contribution in [-0.2, 0) is 14.3 Å². The number of nitrogens with one attached hydrogen (secondary N) is 1. The van der Waals surface area contributed by atoms with E-state index in [9.17, 15) is 19.8 Å². The SMILES string of the molecule is CCCCCCCCCCCCCCC/C=C/C(O)C(CO)NC(=O)CCCCC/C=C\CCCCCCCCOC(=O)CCCCCCCCCCCCCCCCCCCC. The van der Waals surface area contributed by atoms with Crippen molar-refractivity contribution in [1.82, 2.24) is 5.32 Å². The molecule has 3 N–H and O–H groups in total.